The molecule has 0 spiro atoms. The van der Waals surface area contributed by atoms with Crippen molar-refractivity contribution in [3.05, 3.63) is 59.9 Å². The van der Waals surface area contributed by atoms with Gasteiger partial charge in [0.2, 0.25) is 0 Å². The van der Waals surface area contributed by atoms with Crippen LogP contribution < -0.4 is 4.74 Å². The molecule has 1 aliphatic rings. The number of ether oxygens (including phenoxy) is 2. The molecule has 3 rings (SSSR count). The number of hydrogen-bond acceptors (Lipinski definition) is 4. The minimum atomic E-state index is -0.0771. The lowest BCUT2D eigenvalue weighted by Gasteiger charge is -2.38. The van der Waals surface area contributed by atoms with Gasteiger partial charge in [0.15, 0.2) is 0 Å². The summed E-state index contributed by atoms with van der Waals surface area (Å²) in [5.41, 5.74) is 1.57. The fraction of sp³-hybridized carbons (Fsp3) is 0.500. The highest BCUT2D eigenvalue weighted by molar-refractivity contribution is 5.94. The van der Waals surface area contributed by atoms with Crippen LogP contribution in [0.3, 0.4) is 0 Å². The van der Waals surface area contributed by atoms with E-state index in [2.05, 4.69) is 25.8 Å². The summed E-state index contributed by atoms with van der Waals surface area (Å²) in [5.74, 6) is 0.770. The predicted molar refractivity (Wildman–Crippen MR) is 114 cm³/mol. The summed E-state index contributed by atoms with van der Waals surface area (Å²) in [6.07, 6.45) is 4.84. The van der Waals surface area contributed by atoms with Gasteiger partial charge in [-0.05, 0) is 54.7 Å². The van der Waals surface area contributed by atoms with Crippen molar-refractivity contribution in [3.63, 3.8) is 0 Å². The third-order valence-corrected chi connectivity index (χ3v) is 5.48. The van der Waals surface area contributed by atoms with Crippen LogP contribution in [0.4, 0.5) is 0 Å². The molecule has 0 unspecified atom stereocenters. The van der Waals surface area contributed by atoms with E-state index in [1.165, 1.54) is 0 Å². The van der Waals surface area contributed by atoms with E-state index in [4.69, 9.17) is 9.47 Å². The number of rotatable bonds is 7. The van der Waals surface area contributed by atoms with Gasteiger partial charge >= 0.3 is 0 Å². The number of amides is 1. The molecule has 1 saturated heterocycles. The predicted octanol–water partition coefficient (Wildman–Crippen LogP) is 4.37. The van der Waals surface area contributed by atoms with Gasteiger partial charge in [-0.1, -0.05) is 26.8 Å². The highest BCUT2D eigenvalue weighted by atomic mass is 16.5. The SMILES string of the molecule is CN(C(=O)c1ccc(OC[C@@H]2CCCO2)cc1)[C@H](Cc1ccccn1)C(C)(C)C. The van der Waals surface area contributed by atoms with Gasteiger partial charge in [0.05, 0.1) is 6.10 Å². The van der Waals surface area contributed by atoms with Gasteiger partial charge in [0.25, 0.3) is 5.91 Å². The zero-order valence-electron chi connectivity index (χ0n) is 17.9. The molecule has 1 aromatic heterocycles. The van der Waals surface area contributed by atoms with Crippen molar-refractivity contribution in [1.82, 2.24) is 9.88 Å². The van der Waals surface area contributed by atoms with Crippen LogP contribution >= 0.6 is 0 Å². The summed E-state index contributed by atoms with van der Waals surface area (Å²) in [6, 6.07) is 13.3. The van der Waals surface area contributed by atoms with Gasteiger partial charge in [-0.2, -0.15) is 0 Å². The number of nitrogens with zero attached hydrogens (tertiary/aromatic N) is 2. The van der Waals surface area contributed by atoms with Crippen molar-refractivity contribution in [2.45, 2.75) is 52.2 Å². The molecule has 156 valence electrons. The monoisotopic (exact) mass is 396 g/mol. The van der Waals surface area contributed by atoms with Gasteiger partial charge < -0.3 is 14.4 Å². The summed E-state index contributed by atoms with van der Waals surface area (Å²) in [5, 5.41) is 0. The first-order chi connectivity index (χ1) is 13.8. The standard InChI is InChI=1S/C24H32N2O3/c1-24(2,3)22(16-19-8-5-6-14-25-19)26(4)23(27)18-10-12-20(13-11-18)29-17-21-9-7-15-28-21/h5-6,8,10-14,21-22H,7,9,15-17H2,1-4H3/t21-,22+/m0/s1. The highest BCUT2D eigenvalue weighted by Gasteiger charge is 2.32. The molecule has 0 saturated carbocycles. The van der Waals surface area contributed by atoms with E-state index in [1.54, 1.807) is 6.20 Å². The Kier molecular flexibility index (Phi) is 6.91. The maximum Gasteiger partial charge on any atom is 0.253 e. The lowest BCUT2D eigenvalue weighted by Crippen LogP contribution is -2.46. The zero-order chi connectivity index (χ0) is 20.9. The topological polar surface area (TPSA) is 51.7 Å². The Hall–Kier alpha value is -2.40. The van der Waals surface area contributed by atoms with Gasteiger partial charge in [0.1, 0.15) is 12.4 Å². The van der Waals surface area contributed by atoms with E-state index in [1.807, 2.05) is 54.4 Å². The number of carbonyl (C=O) groups excluding carboxylic acids is 1. The molecule has 0 N–H and O–H groups in total. The summed E-state index contributed by atoms with van der Waals surface area (Å²) >= 11 is 0. The van der Waals surface area contributed by atoms with Crippen LogP contribution in [-0.4, -0.2) is 48.2 Å². The third kappa shape index (κ3) is 5.80. The van der Waals surface area contributed by atoms with Crippen molar-refractivity contribution in [3.8, 4) is 5.75 Å². The third-order valence-electron chi connectivity index (χ3n) is 5.48. The van der Waals surface area contributed by atoms with Crippen LogP contribution in [0.2, 0.25) is 0 Å². The van der Waals surface area contributed by atoms with E-state index in [0.29, 0.717) is 12.2 Å². The average molecular weight is 397 g/mol. The molecule has 0 radical (unpaired) electrons. The molecule has 5 nitrogen and oxygen atoms in total. The van der Waals surface area contributed by atoms with Gasteiger partial charge in [0, 0.05) is 43.6 Å². The first kappa shape index (κ1) is 21.3. The van der Waals surface area contributed by atoms with Crippen LogP contribution in [0, 0.1) is 5.41 Å². The second-order valence-electron chi connectivity index (χ2n) is 8.79. The van der Waals surface area contributed by atoms with Crippen LogP contribution in [0.25, 0.3) is 0 Å². The second kappa shape index (κ2) is 9.40. The molecule has 2 atom stereocenters. The lowest BCUT2D eigenvalue weighted by atomic mass is 9.82. The molecule has 0 aliphatic carbocycles. The maximum atomic E-state index is 13.1. The van der Waals surface area contributed by atoms with Gasteiger partial charge in [-0.15, -0.1) is 0 Å². The Morgan fingerprint density at radius 3 is 2.59 bits per heavy atom. The largest absolute Gasteiger partial charge is 0.491 e. The minimum Gasteiger partial charge on any atom is -0.491 e. The number of likely N-dealkylation sites (N-methyl/N-ethyl adjacent to an activating group) is 1. The van der Waals surface area contributed by atoms with Crippen LogP contribution in [-0.2, 0) is 11.2 Å². The molecule has 1 aromatic carbocycles. The number of carbonyl (C=O) groups is 1. The van der Waals surface area contributed by atoms with E-state index in [9.17, 15) is 4.79 Å². The molecule has 29 heavy (non-hydrogen) atoms. The van der Waals surface area contributed by atoms with Crippen molar-refractivity contribution < 1.29 is 14.3 Å². The first-order valence-corrected chi connectivity index (χ1v) is 10.4. The van der Waals surface area contributed by atoms with Crippen molar-refractivity contribution in [1.29, 1.82) is 0 Å². The number of aromatic nitrogens is 1. The molecule has 5 heteroatoms. The summed E-state index contributed by atoms with van der Waals surface area (Å²) in [6.45, 7) is 7.86. The minimum absolute atomic E-state index is 0.00605. The van der Waals surface area contributed by atoms with E-state index >= 15 is 0 Å². The van der Waals surface area contributed by atoms with E-state index in [0.717, 1.165) is 37.3 Å². The Labute approximate surface area is 174 Å². The van der Waals surface area contributed by atoms with Crippen LogP contribution in [0.5, 0.6) is 5.75 Å². The summed E-state index contributed by atoms with van der Waals surface area (Å²) in [7, 11) is 1.88. The molecule has 1 amide bonds. The highest BCUT2D eigenvalue weighted by Crippen LogP contribution is 2.28. The number of benzene rings is 1. The van der Waals surface area contributed by atoms with Crippen molar-refractivity contribution in [2.75, 3.05) is 20.3 Å². The quantitative estimate of drug-likeness (QED) is 0.697. The maximum absolute atomic E-state index is 13.1. The first-order valence-electron chi connectivity index (χ1n) is 10.4. The Bertz CT molecular complexity index is 778. The van der Waals surface area contributed by atoms with Crippen LogP contribution in [0.1, 0.15) is 49.7 Å². The average Bonchev–Trinajstić information content (AvgIpc) is 3.23. The lowest BCUT2D eigenvalue weighted by molar-refractivity contribution is 0.0595. The van der Waals surface area contributed by atoms with Crippen LogP contribution in [0.15, 0.2) is 48.7 Å². The number of hydrogen-bond donors (Lipinski definition) is 0. The fourth-order valence-corrected chi connectivity index (χ4v) is 3.74. The molecule has 1 aliphatic heterocycles. The summed E-state index contributed by atoms with van der Waals surface area (Å²) < 4.78 is 11.4. The van der Waals surface area contributed by atoms with E-state index < -0.39 is 0 Å². The Balaban J connectivity index is 1.66. The second-order valence-corrected chi connectivity index (χ2v) is 8.79. The number of pyridine rings is 1. The summed E-state index contributed by atoms with van der Waals surface area (Å²) in [4.78, 5) is 19.4. The normalized spacial score (nSPS) is 17.7. The van der Waals surface area contributed by atoms with Gasteiger partial charge in [-0.25, -0.2) is 0 Å². The Morgan fingerprint density at radius 1 is 1.24 bits per heavy atom. The van der Waals surface area contributed by atoms with Crippen molar-refractivity contribution >= 4 is 5.91 Å². The zero-order valence-corrected chi connectivity index (χ0v) is 17.9. The molecular weight excluding hydrogens is 364 g/mol. The molecule has 2 heterocycles. The van der Waals surface area contributed by atoms with Gasteiger partial charge in [-0.3, -0.25) is 9.78 Å². The van der Waals surface area contributed by atoms with Crippen molar-refractivity contribution in [2.24, 2.45) is 5.41 Å². The molecule has 2 aromatic rings. The van der Waals surface area contributed by atoms with E-state index in [-0.39, 0.29) is 23.5 Å². The molecule has 1 fully saturated rings. The Morgan fingerprint density at radius 2 is 2.00 bits per heavy atom. The molecule has 0 bridgehead atoms. The molecular formula is C24H32N2O3. The fourth-order valence-electron chi connectivity index (χ4n) is 3.74. The smallest absolute Gasteiger partial charge is 0.253 e.